The van der Waals surface area contributed by atoms with Crippen LogP contribution >= 0.6 is 34.2 Å². The Morgan fingerprint density at radius 2 is 2.23 bits per heavy atom. The molecule has 0 spiro atoms. The van der Waals surface area contributed by atoms with Gasteiger partial charge >= 0.3 is 0 Å². The van der Waals surface area contributed by atoms with Crippen LogP contribution in [0.2, 0.25) is 5.02 Å². The van der Waals surface area contributed by atoms with Crippen molar-refractivity contribution in [2.24, 2.45) is 0 Å². The molecule has 1 aromatic rings. The fourth-order valence-electron chi connectivity index (χ4n) is 0.872. The molecule has 72 valence electrons. The highest BCUT2D eigenvalue weighted by atomic mass is 127. The van der Waals surface area contributed by atoms with Gasteiger partial charge in [-0.3, -0.25) is 0 Å². The summed E-state index contributed by atoms with van der Waals surface area (Å²) in [4.78, 5) is 0. The van der Waals surface area contributed by atoms with Crippen molar-refractivity contribution < 1.29 is 9.47 Å². The van der Waals surface area contributed by atoms with Crippen molar-refractivity contribution in [2.45, 2.75) is 6.61 Å². The molecule has 0 aliphatic carbocycles. The van der Waals surface area contributed by atoms with Crippen LogP contribution in [0.3, 0.4) is 0 Å². The molecular formula is C9H10ClIO2. The van der Waals surface area contributed by atoms with Gasteiger partial charge in [0, 0.05) is 10.7 Å². The van der Waals surface area contributed by atoms with Crippen molar-refractivity contribution in [1.82, 2.24) is 0 Å². The summed E-state index contributed by atoms with van der Waals surface area (Å²) in [6, 6.07) is 5.81. The number of methoxy groups -OCH3 is 1. The molecule has 0 saturated carbocycles. The maximum atomic E-state index is 5.87. The molecule has 0 fully saturated rings. The molecule has 13 heavy (non-hydrogen) atoms. The summed E-state index contributed by atoms with van der Waals surface area (Å²) < 4.78 is 11.0. The third kappa shape index (κ3) is 3.81. The first-order valence-electron chi connectivity index (χ1n) is 3.74. The zero-order chi connectivity index (χ0) is 9.68. The number of hydrogen-bond donors (Lipinski definition) is 0. The molecule has 0 bridgehead atoms. The second kappa shape index (κ2) is 5.80. The predicted octanol–water partition coefficient (Wildman–Crippen LogP) is 3.07. The Morgan fingerprint density at radius 3 is 2.85 bits per heavy atom. The van der Waals surface area contributed by atoms with E-state index in [0.29, 0.717) is 13.4 Å². The molecule has 0 amide bonds. The SMILES string of the molecule is COCOCc1ccc(Cl)c(I)c1. The van der Waals surface area contributed by atoms with E-state index in [4.69, 9.17) is 21.1 Å². The fourth-order valence-corrected chi connectivity index (χ4v) is 1.57. The Morgan fingerprint density at radius 1 is 1.46 bits per heavy atom. The van der Waals surface area contributed by atoms with Crippen LogP contribution in [0.5, 0.6) is 0 Å². The van der Waals surface area contributed by atoms with Crippen LogP contribution in [-0.4, -0.2) is 13.9 Å². The molecule has 0 N–H and O–H groups in total. The lowest BCUT2D eigenvalue weighted by molar-refractivity contribution is -0.0390. The predicted molar refractivity (Wildman–Crippen MR) is 60.8 cm³/mol. The van der Waals surface area contributed by atoms with E-state index in [1.165, 1.54) is 0 Å². The Balaban J connectivity index is 2.53. The summed E-state index contributed by atoms with van der Waals surface area (Å²) in [7, 11) is 1.60. The van der Waals surface area contributed by atoms with Gasteiger partial charge in [-0.1, -0.05) is 17.7 Å². The standard InChI is InChI=1S/C9H10ClIO2/c1-12-6-13-5-7-2-3-8(10)9(11)4-7/h2-4H,5-6H2,1H3. The van der Waals surface area contributed by atoms with Crippen LogP contribution in [-0.2, 0) is 16.1 Å². The highest BCUT2D eigenvalue weighted by Gasteiger charge is 1.98. The van der Waals surface area contributed by atoms with Gasteiger partial charge in [-0.2, -0.15) is 0 Å². The van der Waals surface area contributed by atoms with Crippen molar-refractivity contribution >= 4 is 34.2 Å². The van der Waals surface area contributed by atoms with Gasteiger partial charge in [-0.15, -0.1) is 0 Å². The van der Waals surface area contributed by atoms with Crippen LogP contribution in [0.25, 0.3) is 0 Å². The summed E-state index contributed by atoms with van der Waals surface area (Å²) in [5.74, 6) is 0. The minimum Gasteiger partial charge on any atom is -0.359 e. The van der Waals surface area contributed by atoms with E-state index in [1.807, 2.05) is 18.2 Å². The molecular weight excluding hydrogens is 302 g/mol. The van der Waals surface area contributed by atoms with E-state index in [0.717, 1.165) is 14.2 Å². The lowest BCUT2D eigenvalue weighted by Crippen LogP contribution is -1.97. The second-order valence-corrected chi connectivity index (χ2v) is 4.07. The molecule has 4 heteroatoms. The molecule has 0 saturated heterocycles. The molecule has 1 rings (SSSR count). The third-order valence-electron chi connectivity index (χ3n) is 1.45. The van der Waals surface area contributed by atoms with Crippen molar-refractivity contribution in [3.8, 4) is 0 Å². The molecule has 0 aromatic heterocycles. The van der Waals surface area contributed by atoms with Crippen LogP contribution in [0.15, 0.2) is 18.2 Å². The highest BCUT2D eigenvalue weighted by Crippen LogP contribution is 2.19. The van der Waals surface area contributed by atoms with E-state index in [-0.39, 0.29) is 0 Å². The van der Waals surface area contributed by atoms with Gasteiger partial charge in [0.15, 0.2) is 0 Å². The van der Waals surface area contributed by atoms with E-state index >= 15 is 0 Å². The average Bonchev–Trinajstić information content (AvgIpc) is 2.12. The van der Waals surface area contributed by atoms with Gasteiger partial charge in [0.2, 0.25) is 0 Å². The second-order valence-electron chi connectivity index (χ2n) is 2.50. The topological polar surface area (TPSA) is 18.5 Å². The Labute approximate surface area is 96.3 Å². The fraction of sp³-hybridized carbons (Fsp3) is 0.333. The van der Waals surface area contributed by atoms with Gasteiger partial charge in [-0.25, -0.2) is 0 Å². The summed E-state index contributed by atoms with van der Waals surface area (Å²) in [5.41, 5.74) is 1.10. The van der Waals surface area contributed by atoms with Crippen molar-refractivity contribution in [2.75, 3.05) is 13.9 Å². The van der Waals surface area contributed by atoms with E-state index < -0.39 is 0 Å². The van der Waals surface area contributed by atoms with Crippen molar-refractivity contribution in [3.63, 3.8) is 0 Å². The van der Waals surface area contributed by atoms with Gasteiger partial charge in [0.25, 0.3) is 0 Å². The maximum Gasteiger partial charge on any atom is 0.146 e. The van der Waals surface area contributed by atoms with Crippen LogP contribution < -0.4 is 0 Å². The number of hydrogen-bond acceptors (Lipinski definition) is 2. The summed E-state index contributed by atoms with van der Waals surface area (Å²) in [5, 5.41) is 0.774. The third-order valence-corrected chi connectivity index (χ3v) is 2.99. The molecule has 0 unspecified atom stereocenters. The van der Waals surface area contributed by atoms with Gasteiger partial charge in [0.05, 0.1) is 11.6 Å². The molecule has 0 aliphatic heterocycles. The molecule has 0 radical (unpaired) electrons. The molecule has 0 heterocycles. The number of benzene rings is 1. The number of ether oxygens (including phenoxy) is 2. The first-order chi connectivity index (χ1) is 6.24. The first kappa shape index (κ1) is 11.2. The van der Waals surface area contributed by atoms with E-state index in [2.05, 4.69) is 22.6 Å². The van der Waals surface area contributed by atoms with Crippen molar-refractivity contribution in [3.05, 3.63) is 32.4 Å². The normalized spacial score (nSPS) is 10.4. The number of rotatable bonds is 4. The summed E-state index contributed by atoms with van der Waals surface area (Å²) >= 11 is 8.06. The highest BCUT2D eigenvalue weighted by molar-refractivity contribution is 14.1. The Bertz CT molecular complexity index is 278. The first-order valence-corrected chi connectivity index (χ1v) is 5.20. The van der Waals surface area contributed by atoms with Crippen LogP contribution in [0, 0.1) is 3.57 Å². The van der Waals surface area contributed by atoms with Gasteiger partial charge < -0.3 is 9.47 Å². The van der Waals surface area contributed by atoms with Crippen LogP contribution in [0.4, 0.5) is 0 Å². The molecule has 0 atom stereocenters. The Hall–Kier alpha value is 0.160. The zero-order valence-electron chi connectivity index (χ0n) is 7.22. The Kier molecular flexibility index (Phi) is 5.01. The zero-order valence-corrected chi connectivity index (χ0v) is 10.1. The van der Waals surface area contributed by atoms with E-state index in [9.17, 15) is 0 Å². The maximum absolute atomic E-state index is 5.87. The monoisotopic (exact) mass is 312 g/mol. The minimum absolute atomic E-state index is 0.319. The largest absolute Gasteiger partial charge is 0.359 e. The lowest BCUT2D eigenvalue weighted by Gasteiger charge is -2.04. The van der Waals surface area contributed by atoms with E-state index in [1.54, 1.807) is 7.11 Å². The minimum atomic E-state index is 0.319. The summed E-state index contributed by atoms with van der Waals surface area (Å²) in [6.07, 6.45) is 0. The number of halogens is 2. The smallest absolute Gasteiger partial charge is 0.146 e. The van der Waals surface area contributed by atoms with Crippen LogP contribution in [0.1, 0.15) is 5.56 Å². The van der Waals surface area contributed by atoms with Gasteiger partial charge in [0.1, 0.15) is 6.79 Å². The molecule has 1 aromatic carbocycles. The lowest BCUT2D eigenvalue weighted by atomic mass is 10.2. The van der Waals surface area contributed by atoms with Gasteiger partial charge in [-0.05, 0) is 40.3 Å². The van der Waals surface area contributed by atoms with Crippen molar-refractivity contribution in [1.29, 1.82) is 0 Å². The molecule has 2 nitrogen and oxygen atoms in total. The summed E-state index contributed by atoms with van der Waals surface area (Å²) in [6.45, 7) is 0.875. The molecule has 0 aliphatic rings. The average molecular weight is 313 g/mol. The quantitative estimate of drug-likeness (QED) is 0.483.